The number of anilines is 4. The summed E-state index contributed by atoms with van der Waals surface area (Å²) in [5.74, 6) is -0.0664. The van der Waals surface area contributed by atoms with E-state index in [1.165, 1.54) is 0 Å². The van der Waals surface area contributed by atoms with Crippen LogP contribution in [-0.2, 0) is 17.4 Å². The summed E-state index contributed by atoms with van der Waals surface area (Å²) >= 11 is 0. The van der Waals surface area contributed by atoms with Gasteiger partial charge in [0.25, 0.3) is 0 Å². The summed E-state index contributed by atoms with van der Waals surface area (Å²) in [6.07, 6.45) is 0.350. The highest BCUT2D eigenvalue weighted by molar-refractivity contribution is 5.79. The minimum atomic E-state index is -4.59. The van der Waals surface area contributed by atoms with Crippen LogP contribution in [0.25, 0.3) is 0 Å². The SMILES string of the molecule is CCc1cc(N2CCN(C)CC2)ccc1Nc1ncc(C(F)(F)F)c(NCCCNC(=O)C2CCC2)n1. The van der Waals surface area contributed by atoms with Crippen molar-refractivity contribution < 1.29 is 18.0 Å². The molecule has 37 heavy (non-hydrogen) atoms. The number of halogens is 3. The van der Waals surface area contributed by atoms with E-state index < -0.39 is 11.7 Å². The Morgan fingerprint density at radius 3 is 2.54 bits per heavy atom. The van der Waals surface area contributed by atoms with Crippen molar-refractivity contribution in [3.63, 3.8) is 0 Å². The average molecular weight is 520 g/mol. The molecule has 3 N–H and O–H groups in total. The molecule has 0 radical (unpaired) electrons. The number of amides is 1. The molecular weight excluding hydrogens is 483 g/mol. The quantitative estimate of drug-likeness (QED) is 0.404. The van der Waals surface area contributed by atoms with E-state index in [0.29, 0.717) is 13.0 Å². The maximum absolute atomic E-state index is 13.6. The van der Waals surface area contributed by atoms with Crippen LogP contribution in [0.1, 0.15) is 43.7 Å². The molecule has 1 aromatic heterocycles. The van der Waals surface area contributed by atoms with Crippen LogP contribution < -0.4 is 20.9 Å². The fraction of sp³-hybridized carbons (Fsp3) is 0.577. The lowest BCUT2D eigenvalue weighted by atomic mass is 9.85. The highest BCUT2D eigenvalue weighted by Crippen LogP contribution is 2.34. The van der Waals surface area contributed by atoms with Gasteiger partial charge >= 0.3 is 6.18 Å². The molecule has 8 nitrogen and oxygen atoms in total. The molecule has 1 aliphatic carbocycles. The van der Waals surface area contributed by atoms with Gasteiger partial charge in [-0.2, -0.15) is 18.2 Å². The third kappa shape index (κ3) is 7.03. The van der Waals surface area contributed by atoms with E-state index in [1.54, 1.807) is 0 Å². The standard InChI is InChI=1S/C26H36F3N7O/c1-3-18-16-20(36-14-12-35(2)13-15-36)8-9-22(18)33-25-32-17-21(26(27,28)29)23(34-25)30-10-5-11-31-24(37)19-6-4-7-19/h8-9,16-17,19H,3-7,10-15H2,1-2H3,(H,31,37)(H2,30,32,33,34). The first-order chi connectivity index (χ1) is 17.7. The number of nitrogens with zero attached hydrogens (tertiary/aromatic N) is 4. The number of carbonyl (C=O) groups is 1. The number of aryl methyl sites for hydroxylation is 1. The fourth-order valence-corrected chi connectivity index (χ4v) is 4.48. The van der Waals surface area contributed by atoms with Crippen molar-refractivity contribution in [3.8, 4) is 0 Å². The maximum atomic E-state index is 13.6. The van der Waals surface area contributed by atoms with Gasteiger partial charge in [-0.3, -0.25) is 4.79 Å². The molecule has 1 saturated carbocycles. The molecule has 11 heteroatoms. The molecule has 4 rings (SSSR count). The molecule has 1 aliphatic heterocycles. The molecule has 0 atom stereocenters. The second-order valence-corrected chi connectivity index (χ2v) is 9.76. The number of nitrogens with one attached hydrogen (secondary N) is 3. The van der Waals surface area contributed by atoms with Crippen molar-refractivity contribution in [3.05, 3.63) is 35.5 Å². The fourth-order valence-electron chi connectivity index (χ4n) is 4.48. The second-order valence-electron chi connectivity index (χ2n) is 9.76. The first-order valence-electron chi connectivity index (χ1n) is 13.0. The molecule has 1 amide bonds. The second kappa shape index (κ2) is 12.0. The van der Waals surface area contributed by atoms with E-state index in [9.17, 15) is 18.0 Å². The first-order valence-corrected chi connectivity index (χ1v) is 13.0. The van der Waals surface area contributed by atoms with Crippen molar-refractivity contribution in [2.45, 2.75) is 45.2 Å². The molecule has 202 valence electrons. The smallest absolute Gasteiger partial charge is 0.369 e. The molecule has 0 bridgehead atoms. The van der Waals surface area contributed by atoms with Gasteiger partial charge in [0, 0.05) is 62.8 Å². The van der Waals surface area contributed by atoms with Crippen LogP contribution in [0.4, 0.5) is 36.3 Å². The van der Waals surface area contributed by atoms with Crippen LogP contribution in [-0.4, -0.2) is 67.1 Å². The Kier molecular flexibility index (Phi) is 8.73. The molecule has 1 aromatic carbocycles. The van der Waals surface area contributed by atoms with E-state index in [-0.39, 0.29) is 30.1 Å². The van der Waals surface area contributed by atoms with Crippen molar-refractivity contribution in [1.82, 2.24) is 20.2 Å². The van der Waals surface area contributed by atoms with Gasteiger partial charge in [-0.1, -0.05) is 13.3 Å². The van der Waals surface area contributed by atoms with Crippen LogP contribution in [0, 0.1) is 5.92 Å². The van der Waals surface area contributed by atoms with Gasteiger partial charge in [-0.05, 0) is 56.5 Å². The summed E-state index contributed by atoms with van der Waals surface area (Å²) in [5, 5.41) is 8.75. The number of benzene rings is 1. The summed E-state index contributed by atoms with van der Waals surface area (Å²) in [5.41, 5.74) is 2.02. The van der Waals surface area contributed by atoms with E-state index in [2.05, 4.69) is 48.8 Å². The van der Waals surface area contributed by atoms with Gasteiger partial charge in [0.1, 0.15) is 11.4 Å². The van der Waals surface area contributed by atoms with Gasteiger partial charge in [-0.15, -0.1) is 0 Å². The summed E-state index contributed by atoms with van der Waals surface area (Å²) in [7, 11) is 2.11. The topological polar surface area (TPSA) is 85.4 Å². The lowest BCUT2D eigenvalue weighted by Gasteiger charge is -2.34. The highest BCUT2D eigenvalue weighted by Gasteiger charge is 2.35. The molecule has 1 saturated heterocycles. The summed E-state index contributed by atoms with van der Waals surface area (Å²) < 4.78 is 40.7. The lowest BCUT2D eigenvalue weighted by molar-refractivity contribution is -0.137. The van der Waals surface area contributed by atoms with Gasteiger partial charge in [0.15, 0.2) is 0 Å². The summed E-state index contributed by atoms with van der Waals surface area (Å²) in [6.45, 7) is 6.59. The third-order valence-electron chi connectivity index (χ3n) is 7.10. The molecular formula is C26H36F3N7O. The van der Waals surface area contributed by atoms with Crippen molar-refractivity contribution in [2.24, 2.45) is 5.92 Å². The number of likely N-dealkylation sites (N-methyl/N-ethyl adjacent to an activating group) is 1. The van der Waals surface area contributed by atoms with E-state index in [4.69, 9.17) is 0 Å². The van der Waals surface area contributed by atoms with Crippen LogP contribution in [0.3, 0.4) is 0 Å². The number of carbonyl (C=O) groups excluding carboxylic acids is 1. The molecule has 2 fully saturated rings. The number of alkyl halides is 3. The highest BCUT2D eigenvalue weighted by atomic mass is 19.4. The van der Waals surface area contributed by atoms with Gasteiger partial charge in [0.05, 0.1) is 0 Å². The predicted octanol–water partition coefficient (Wildman–Crippen LogP) is 4.27. The molecule has 0 unspecified atom stereocenters. The minimum absolute atomic E-state index is 0.0288. The van der Waals surface area contributed by atoms with Crippen molar-refractivity contribution >= 4 is 29.0 Å². The molecule has 0 spiro atoms. The van der Waals surface area contributed by atoms with Gasteiger partial charge in [0.2, 0.25) is 11.9 Å². The largest absolute Gasteiger partial charge is 0.421 e. The lowest BCUT2D eigenvalue weighted by Crippen LogP contribution is -2.44. The summed E-state index contributed by atoms with van der Waals surface area (Å²) in [4.78, 5) is 24.7. The Morgan fingerprint density at radius 2 is 1.89 bits per heavy atom. The zero-order chi connectivity index (χ0) is 26.4. The zero-order valence-electron chi connectivity index (χ0n) is 21.5. The predicted molar refractivity (Wildman–Crippen MR) is 139 cm³/mol. The Labute approximate surface area is 216 Å². The minimum Gasteiger partial charge on any atom is -0.369 e. The number of aromatic nitrogens is 2. The molecule has 2 heterocycles. The first kappa shape index (κ1) is 27.0. The van der Waals surface area contributed by atoms with Crippen LogP contribution >= 0.6 is 0 Å². The molecule has 2 aromatic rings. The van der Waals surface area contributed by atoms with E-state index in [0.717, 1.165) is 75.0 Å². The Morgan fingerprint density at radius 1 is 1.14 bits per heavy atom. The number of piperazine rings is 1. The third-order valence-corrected chi connectivity index (χ3v) is 7.10. The number of rotatable bonds is 10. The Balaban J connectivity index is 1.41. The average Bonchev–Trinajstić information content (AvgIpc) is 2.83. The summed E-state index contributed by atoms with van der Waals surface area (Å²) in [6, 6.07) is 6.08. The Bertz CT molecular complexity index is 1070. The van der Waals surface area contributed by atoms with Crippen LogP contribution in [0.5, 0.6) is 0 Å². The number of hydrogen-bond acceptors (Lipinski definition) is 7. The van der Waals surface area contributed by atoms with Crippen LogP contribution in [0.2, 0.25) is 0 Å². The van der Waals surface area contributed by atoms with Crippen LogP contribution in [0.15, 0.2) is 24.4 Å². The number of hydrogen-bond donors (Lipinski definition) is 3. The monoisotopic (exact) mass is 519 g/mol. The van der Waals surface area contributed by atoms with Crippen molar-refractivity contribution in [1.29, 1.82) is 0 Å². The zero-order valence-corrected chi connectivity index (χ0v) is 21.5. The van der Waals surface area contributed by atoms with E-state index >= 15 is 0 Å². The van der Waals surface area contributed by atoms with Gasteiger partial charge in [-0.25, -0.2) is 4.98 Å². The van der Waals surface area contributed by atoms with Gasteiger partial charge < -0.3 is 25.8 Å². The maximum Gasteiger partial charge on any atom is 0.421 e. The Hall–Kier alpha value is -3.08. The normalized spacial score (nSPS) is 16.8. The van der Waals surface area contributed by atoms with E-state index in [1.807, 2.05) is 19.1 Å². The van der Waals surface area contributed by atoms with Crippen molar-refractivity contribution in [2.75, 3.05) is 61.8 Å². The molecule has 2 aliphatic rings.